The van der Waals surface area contributed by atoms with E-state index >= 15 is 0 Å². The molecule has 0 fully saturated rings. The Morgan fingerprint density at radius 3 is 2.72 bits per heavy atom. The van der Waals surface area contributed by atoms with Crippen LogP contribution in [0.3, 0.4) is 0 Å². The number of nitrogens with zero attached hydrogens (tertiary/aromatic N) is 8. The number of benzene rings is 1. The first-order chi connectivity index (χ1) is 14.2. The normalized spacial score (nSPS) is 11.2. The lowest BCUT2D eigenvalue weighted by Gasteiger charge is -2.04. The van der Waals surface area contributed by atoms with Crippen molar-refractivity contribution in [1.82, 2.24) is 39.7 Å². The standard InChI is InChI=1S/C19H16N8O2/c1-12-8-14(25-29-12)18-22-21-9-15-17(13-6-4-3-5-7-13)19(24-27(15)18)28-10-16-20-11-26(2)23-16/h3-9,11H,10H2,1-2H3. The molecule has 5 rings (SSSR count). The minimum absolute atomic E-state index is 0.184. The third-order valence-electron chi connectivity index (χ3n) is 4.33. The average molecular weight is 388 g/mol. The Morgan fingerprint density at radius 1 is 1.14 bits per heavy atom. The van der Waals surface area contributed by atoms with E-state index in [-0.39, 0.29) is 6.61 Å². The van der Waals surface area contributed by atoms with Gasteiger partial charge in [-0.2, -0.15) is 10.2 Å². The van der Waals surface area contributed by atoms with Gasteiger partial charge in [0.05, 0.1) is 11.8 Å². The van der Waals surface area contributed by atoms with Gasteiger partial charge in [-0.25, -0.2) is 9.50 Å². The van der Waals surface area contributed by atoms with Crippen LogP contribution in [0.4, 0.5) is 0 Å². The topological polar surface area (TPSA) is 109 Å². The molecule has 0 atom stereocenters. The molecule has 0 aliphatic heterocycles. The van der Waals surface area contributed by atoms with Crippen molar-refractivity contribution in [1.29, 1.82) is 0 Å². The van der Waals surface area contributed by atoms with Crippen molar-refractivity contribution in [3.63, 3.8) is 0 Å². The Kier molecular flexibility index (Phi) is 4.01. The monoisotopic (exact) mass is 388 g/mol. The van der Waals surface area contributed by atoms with E-state index < -0.39 is 0 Å². The zero-order valence-electron chi connectivity index (χ0n) is 15.7. The molecule has 0 amide bonds. The second-order valence-electron chi connectivity index (χ2n) is 6.46. The summed E-state index contributed by atoms with van der Waals surface area (Å²) >= 11 is 0. The molecular weight excluding hydrogens is 372 g/mol. The van der Waals surface area contributed by atoms with Gasteiger partial charge < -0.3 is 9.26 Å². The summed E-state index contributed by atoms with van der Waals surface area (Å²) in [6, 6.07) is 11.6. The van der Waals surface area contributed by atoms with E-state index in [1.807, 2.05) is 37.3 Å². The third-order valence-corrected chi connectivity index (χ3v) is 4.33. The van der Waals surface area contributed by atoms with E-state index in [2.05, 4.69) is 30.5 Å². The summed E-state index contributed by atoms with van der Waals surface area (Å²) in [5, 5.41) is 21.3. The summed E-state index contributed by atoms with van der Waals surface area (Å²) in [5.74, 6) is 2.13. The van der Waals surface area contributed by atoms with E-state index in [9.17, 15) is 0 Å². The van der Waals surface area contributed by atoms with Gasteiger partial charge in [-0.15, -0.1) is 10.2 Å². The maximum absolute atomic E-state index is 6.00. The summed E-state index contributed by atoms with van der Waals surface area (Å²) in [7, 11) is 1.81. The fraction of sp³-hybridized carbons (Fsp3) is 0.158. The first-order valence-electron chi connectivity index (χ1n) is 8.90. The first-order valence-corrected chi connectivity index (χ1v) is 8.90. The number of hydrogen-bond donors (Lipinski definition) is 0. The average Bonchev–Trinajstić information content (AvgIpc) is 3.44. The molecule has 0 N–H and O–H groups in total. The molecule has 0 saturated carbocycles. The largest absolute Gasteiger partial charge is 0.468 e. The molecule has 0 aliphatic carbocycles. The Hall–Kier alpha value is -4.08. The molecule has 144 valence electrons. The smallest absolute Gasteiger partial charge is 0.242 e. The van der Waals surface area contributed by atoms with Crippen LogP contribution in [-0.4, -0.2) is 39.7 Å². The zero-order valence-corrected chi connectivity index (χ0v) is 15.7. The van der Waals surface area contributed by atoms with E-state index in [0.29, 0.717) is 29.0 Å². The van der Waals surface area contributed by atoms with Crippen LogP contribution in [0.2, 0.25) is 0 Å². The molecule has 1 aromatic carbocycles. The van der Waals surface area contributed by atoms with Crippen molar-refractivity contribution >= 4 is 5.52 Å². The summed E-state index contributed by atoms with van der Waals surface area (Å²) in [6.45, 7) is 2.00. The molecule has 0 saturated heterocycles. The van der Waals surface area contributed by atoms with Gasteiger partial charge in [0.25, 0.3) is 0 Å². The van der Waals surface area contributed by atoms with Crippen LogP contribution in [0.1, 0.15) is 11.6 Å². The molecule has 10 heteroatoms. The van der Waals surface area contributed by atoms with E-state index in [1.165, 1.54) is 0 Å². The number of ether oxygens (including phenoxy) is 1. The van der Waals surface area contributed by atoms with Gasteiger partial charge in [0.2, 0.25) is 11.7 Å². The SMILES string of the molecule is Cc1cc(-c2nncc3c(-c4ccccc4)c(OCc4ncn(C)n4)nn23)no1. The van der Waals surface area contributed by atoms with Crippen molar-refractivity contribution in [2.75, 3.05) is 0 Å². The second kappa shape index (κ2) is 6.82. The number of hydrogen-bond acceptors (Lipinski definition) is 8. The Bertz CT molecular complexity index is 1290. The highest BCUT2D eigenvalue weighted by Gasteiger charge is 2.21. The van der Waals surface area contributed by atoms with Gasteiger partial charge >= 0.3 is 0 Å². The minimum Gasteiger partial charge on any atom is -0.468 e. The molecule has 0 unspecified atom stereocenters. The molecule has 29 heavy (non-hydrogen) atoms. The van der Waals surface area contributed by atoms with Crippen molar-refractivity contribution in [2.24, 2.45) is 7.05 Å². The van der Waals surface area contributed by atoms with Gasteiger partial charge in [0, 0.05) is 13.1 Å². The fourth-order valence-corrected chi connectivity index (χ4v) is 3.06. The predicted molar refractivity (Wildman–Crippen MR) is 102 cm³/mol. The van der Waals surface area contributed by atoms with E-state index in [0.717, 1.165) is 16.6 Å². The van der Waals surface area contributed by atoms with Crippen LogP contribution >= 0.6 is 0 Å². The lowest BCUT2D eigenvalue weighted by Crippen LogP contribution is -2.01. The lowest BCUT2D eigenvalue weighted by molar-refractivity contribution is 0.283. The summed E-state index contributed by atoms with van der Waals surface area (Å²) in [4.78, 5) is 4.20. The van der Waals surface area contributed by atoms with Crippen molar-refractivity contribution in [3.05, 3.63) is 60.5 Å². The molecule has 0 radical (unpaired) electrons. The summed E-state index contributed by atoms with van der Waals surface area (Å²) in [6.07, 6.45) is 3.27. The van der Waals surface area contributed by atoms with Crippen molar-refractivity contribution < 1.29 is 9.26 Å². The Morgan fingerprint density at radius 2 is 2.00 bits per heavy atom. The van der Waals surface area contributed by atoms with Gasteiger partial charge in [-0.05, 0) is 12.5 Å². The van der Waals surface area contributed by atoms with Gasteiger partial charge in [0.15, 0.2) is 18.1 Å². The number of aryl methyl sites for hydroxylation is 2. The van der Waals surface area contributed by atoms with E-state index in [1.54, 1.807) is 34.8 Å². The van der Waals surface area contributed by atoms with Crippen LogP contribution < -0.4 is 4.74 Å². The third kappa shape index (κ3) is 3.10. The first kappa shape index (κ1) is 17.0. The van der Waals surface area contributed by atoms with Gasteiger partial charge in [-0.3, -0.25) is 4.68 Å². The summed E-state index contributed by atoms with van der Waals surface area (Å²) < 4.78 is 14.5. The highest BCUT2D eigenvalue weighted by Crippen LogP contribution is 2.35. The highest BCUT2D eigenvalue weighted by atomic mass is 16.5. The number of rotatable bonds is 5. The number of fused-ring (bicyclic) bond motifs is 1. The molecule has 0 aliphatic rings. The minimum atomic E-state index is 0.184. The van der Waals surface area contributed by atoms with Crippen molar-refractivity contribution in [2.45, 2.75) is 13.5 Å². The van der Waals surface area contributed by atoms with Crippen LogP contribution in [0.15, 0.2) is 53.4 Å². The molecular formula is C19H16N8O2. The zero-order chi connectivity index (χ0) is 19.8. The maximum atomic E-state index is 6.00. The second-order valence-corrected chi connectivity index (χ2v) is 6.46. The Labute approximate surface area is 164 Å². The molecule has 4 aromatic heterocycles. The van der Waals surface area contributed by atoms with Crippen LogP contribution in [0.25, 0.3) is 28.2 Å². The summed E-state index contributed by atoms with van der Waals surface area (Å²) in [5.41, 5.74) is 3.03. The van der Waals surface area contributed by atoms with Gasteiger partial charge in [-0.1, -0.05) is 35.5 Å². The quantitative estimate of drug-likeness (QED) is 0.452. The predicted octanol–water partition coefficient (Wildman–Crippen LogP) is 2.46. The maximum Gasteiger partial charge on any atom is 0.242 e. The van der Waals surface area contributed by atoms with E-state index in [4.69, 9.17) is 9.26 Å². The van der Waals surface area contributed by atoms with Crippen LogP contribution in [-0.2, 0) is 13.7 Å². The lowest BCUT2D eigenvalue weighted by atomic mass is 10.1. The van der Waals surface area contributed by atoms with Gasteiger partial charge in [0.1, 0.15) is 17.6 Å². The molecule has 0 spiro atoms. The Balaban J connectivity index is 1.66. The molecule has 4 heterocycles. The van der Waals surface area contributed by atoms with Crippen LogP contribution in [0, 0.1) is 6.92 Å². The van der Waals surface area contributed by atoms with Crippen molar-refractivity contribution in [3.8, 4) is 28.5 Å². The fourth-order valence-electron chi connectivity index (χ4n) is 3.06. The molecule has 10 nitrogen and oxygen atoms in total. The number of aromatic nitrogens is 8. The molecule has 0 bridgehead atoms. The highest BCUT2D eigenvalue weighted by molar-refractivity contribution is 5.85. The van der Waals surface area contributed by atoms with Crippen LogP contribution in [0.5, 0.6) is 5.88 Å². The molecule has 5 aromatic rings.